The molecule has 0 radical (unpaired) electrons. The summed E-state index contributed by atoms with van der Waals surface area (Å²) in [6.07, 6.45) is 5.91. The van der Waals surface area contributed by atoms with Crippen molar-refractivity contribution in [1.82, 2.24) is 10.2 Å². The zero-order valence-corrected chi connectivity index (χ0v) is 11.4. The molecule has 5 heteroatoms. The van der Waals surface area contributed by atoms with Crippen molar-refractivity contribution >= 4 is 23.6 Å². The Morgan fingerprint density at radius 3 is 2.72 bits per heavy atom. The number of rotatable bonds is 3. The van der Waals surface area contributed by atoms with Gasteiger partial charge in [0.1, 0.15) is 6.04 Å². The normalized spacial score (nSPS) is 33.4. The Hall–Kier alpha value is -0.710. The summed E-state index contributed by atoms with van der Waals surface area (Å²) in [5.74, 6) is 1.78. The topological polar surface area (TPSA) is 49.4 Å². The van der Waals surface area contributed by atoms with Crippen LogP contribution in [0.2, 0.25) is 0 Å². The summed E-state index contributed by atoms with van der Waals surface area (Å²) < 4.78 is 0. The minimum atomic E-state index is -0.222. The molecule has 0 aromatic heterocycles. The molecule has 100 valence electrons. The van der Waals surface area contributed by atoms with E-state index >= 15 is 0 Å². The Labute approximate surface area is 112 Å². The Kier molecular flexibility index (Phi) is 3.50. The Balaban J connectivity index is 1.62. The molecule has 0 bridgehead atoms. The molecule has 0 aromatic rings. The van der Waals surface area contributed by atoms with Crippen LogP contribution in [0.15, 0.2) is 0 Å². The van der Waals surface area contributed by atoms with Crippen LogP contribution in [0.5, 0.6) is 0 Å². The molecule has 3 rings (SSSR count). The van der Waals surface area contributed by atoms with E-state index in [-0.39, 0.29) is 24.4 Å². The van der Waals surface area contributed by atoms with Crippen LogP contribution in [0, 0.1) is 5.92 Å². The highest BCUT2D eigenvalue weighted by Gasteiger charge is 2.42. The van der Waals surface area contributed by atoms with Gasteiger partial charge in [0.2, 0.25) is 11.8 Å². The first-order chi connectivity index (χ1) is 8.74. The van der Waals surface area contributed by atoms with Crippen LogP contribution in [0.3, 0.4) is 0 Å². The number of hydrogen-bond acceptors (Lipinski definition) is 3. The first kappa shape index (κ1) is 12.3. The predicted molar refractivity (Wildman–Crippen MR) is 71.3 cm³/mol. The second kappa shape index (κ2) is 5.11. The summed E-state index contributed by atoms with van der Waals surface area (Å²) in [6.45, 7) is 1.03. The largest absolute Gasteiger partial charge is 0.342 e. The molecule has 4 nitrogen and oxygen atoms in total. The molecule has 2 unspecified atom stereocenters. The first-order valence-electron chi connectivity index (χ1n) is 6.94. The average Bonchev–Trinajstić information content (AvgIpc) is 3.19. The van der Waals surface area contributed by atoms with E-state index < -0.39 is 0 Å². The summed E-state index contributed by atoms with van der Waals surface area (Å²) in [5.41, 5.74) is 0. The van der Waals surface area contributed by atoms with Crippen LogP contribution in [-0.4, -0.2) is 46.8 Å². The molecule has 1 aliphatic carbocycles. The van der Waals surface area contributed by atoms with Gasteiger partial charge in [-0.1, -0.05) is 6.42 Å². The first-order valence-corrected chi connectivity index (χ1v) is 7.98. The summed E-state index contributed by atoms with van der Waals surface area (Å²) in [4.78, 5) is 25.8. The number of hydrogen-bond donors (Lipinski definition) is 1. The maximum atomic E-state index is 12.3. The molecule has 2 amide bonds. The van der Waals surface area contributed by atoms with E-state index in [1.807, 2.05) is 11.8 Å². The highest BCUT2D eigenvalue weighted by Crippen LogP contribution is 2.35. The van der Waals surface area contributed by atoms with Gasteiger partial charge in [-0.15, -0.1) is 0 Å². The van der Waals surface area contributed by atoms with Gasteiger partial charge in [-0.25, -0.2) is 0 Å². The smallest absolute Gasteiger partial charge is 0.245 e. The van der Waals surface area contributed by atoms with E-state index in [4.69, 9.17) is 0 Å². The van der Waals surface area contributed by atoms with E-state index in [1.54, 1.807) is 4.90 Å². The van der Waals surface area contributed by atoms with E-state index in [9.17, 15) is 9.59 Å². The van der Waals surface area contributed by atoms with Crippen molar-refractivity contribution in [3.8, 4) is 0 Å². The van der Waals surface area contributed by atoms with Gasteiger partial charge < -0.3 is 10.2 Å². The molecule has 0 spiro atoms. The Bertz CT molecular complexity index is 351. The van der Waals surface area contributed by atoms with Gasteiger partial charge in [0.15, 0.2) is 0 Å². The second-order valence-electron chi connectivity index (χ2n) is 5.59. The lowest BCUT2D eigenvalue weighted by Gasteiger charge is -2.35. The molecule has 2 atom stereocenters. The van der Waals surface area contributed by atoms with E-state index in [2.05, 4.69) is 5.32 Å². The highest BCUT2D eigenvalue weighted by molar-refractivity contribution is 7.99. The number of thioether (sulfide) groups is 1. The van der Waals surface area contributed by atoms with Crippen molar-refractivity contribution in [2.75, 3.05) is 18.8 Å². The number of piperazine rings is 1. The molecular formula is C13H20N2O2S. The number of carbonyl (C=O) groups excluding carboxylic acids is 2. The van der Waals surface area contributed by atoms with Gasteiger partial charge in [-0.05, 0) is 37.4 Å². The third-order valence-electron chi connectivity index (χ3n) is 4.02. The third-order valence-corrected chi connectivity index (χ3v) is 5.40. The molecule has 3 fully saturated rings. The predicted octanol–water partition coefficient (Wildman–Crippen LogP) is 1.01. The minimum Gasteiger partial charge on any atom is -0.342 e. The third kappa shape index (κ3) is 2.66. The van der Waals surface area contributed by atoms with Crippen molar-refractivity contribution in [1.29, 1.82) is 0 Å². The van der Waals surface area contributed by atoms with Crippen molar-refractivity contribution in [2.24, 2.45) is 5.92 Å². The fourth-order valence-electron chi connectivity index (χ4n) is 2.83. The lowest BCUT2D eigenvalue weighted by atomic mass is 10.1. The molecule has 2 aliphatic heterocycles. The number of carbonyl (C=O) groups is 2. The fourth-order valence-corrected chi connectivity index (χ4v) is 4.15. The molecule has 2 heterocycles. The monoisotopic (exact) mass is 268 g/mol. The maximum absolute atomic E-state index is 12.3. The van der Waals surface area contributed by atoms with Crippen LogP contribution in [-0.2, 0) is 9.59 Å². The average molecular weight is 268 g/mol. The van der Waals surface area contributed by atoms with Gasteiger partial charge in [-0.2, -0.15) is 11.8 Å². The van der Waals surface area contributed by atoms with Crippen molar-refractivity contribution in [3.05, 3.63) is 0 Å². The van der Waals surface area contributed by atoms with Gasteiger partial charge in [0, 0.05) is 11.8 Å². The van der Waals surface area contributed by atoms with Gasteiger partial charge in [0.25, 0.3) is 0 Å². The highest BCUT2D eigenvalue weighted by atomic mass is 32.2. The summed E-state index contributed by atoms with van der Waals surface area (Å²) >= 11 is 1.96. The summed E-state index contributed by atoms with van der Waals surface area (Å²) in [6, 6.07) is -0.222. The van der Waals surface area contributed by atoms with E-state index in [1.165, 1.54) is 25.0 Å². The summed E-state index contributed by atoms with van der Waals surface area (Å²) in [5, 5.41) is 3.39. The molecule has 1 N–H and O–H groups in total. The van der Waals surface area contributed by atoms with Crippen molar-refractivity contribution in [2.45, 2.75) is 43.4 Å². The summed E-state index contributed by atoms with van der Waals surface area (Å²) in [7, 11) is 0. The van der Waals surface area contributed by atoms with Crippen molar-refractivity contribution in [3.63, 3.8) is 0 Å². The molecule has 2 saturated heterocycles. The van der Waals surface area contributed by atoms with E-state index in [0.29, 0.717) is 11.2 Å². The molecular weight excluding hydrogens is 248 g/mol. The number of nitrogens with zero attached hydrogens (tertiary/aromatic N) is 1. The van der Waals surface area contributed by atoms with Crippen LogP contribution in [0.25, 0.3) is 0 Å². The molecule has 0 aromatic carbocycles. The quantitative estimate of drug-likeness (QED) is 0.831. The second-order valence-corrected chi connectivity index (χ2v) is 7.00. The number of nitrogens with one attached hydrogen (secondary N) is 1. The van der Waals surface area contributed by atoms with Crippen molar-refractivity contribution < 1.29 is 9.59 Å². The van der Waals surface area contributed by atoms with Crippen LogP contribution >= 0.6 is 11.8 Å². The Morgan fingerprint density at radius 1 is 1.22 bits per heavy atom. The van der Waals surface area contributed by atoms with Gasteiger partial charge in [-0.3, -0.25) is 9.59 Å². The maximum Gasteiger partial charge on any atom is 0.245 e. The van der Waals surface area contributed by atoms with Gasteiger partial charge >= 0.3 is 0 Å². The zero-order chi connectivity index (χ0) is 12.5. The van der Waals surface area contributed by atoms with Crippen LogP contribution in [0.1, 0.15) is 32.1 Å². The van der Waals surface area contributed by atoms with Gasteiger partial charge in [0.05, 0.1) is 6.54 Å². The Morgan fingerprint density at radius 2 is 2.06 bits per heavy atom. The standard InChI is InChI=1S/C13H20N2O2S/c16-11-8-15(7-10-3-1-2-6-18-10)13(17)12(14-11)9-4-5-9/h9-10,12H,1-8H2,(H,14,16). The zero-order valence-electron chi connectivity index (χ0n) is 10.6. The molecule has 18 heavy (non-hydrogen) atoms. The SMILES string of the molecule is O=C1CN(CC2CCCCS2)C(=O)C(C2CC2)N1. The van der Waals surface area contributed by atoms with E-state index in [0.717, 1.165) is 19.4 Å². The lowest BCUT2D eigenvalue weighted by molar-refractivity contribution is -0.144. The lowest BCUT2D eigenvalue weighted by Crippen LogP contribution is -2.59. The molecule has 1 saturated carbocycles. The minimum absolute atomic E-state index is 0.0207. The fraction of sp³-hybridized carbons (Fsp3) is 0.846. The van der Waals surface area contributed by atoms with Crippen LogP contribution < -0.4 is 5.32 Å². The van der Waals surface area contributed by atoms with Crippen LogP contribution in [0.4, 0.5) is 0 Å². The number of amides is 2. The molecule has 3 aliphatic rings.